The molecule has 0 aliphatic heterocycles. The zero-order valence-corrected chi connectivity index (χ0v) is 18.0. The maximum atomic E-state index is 12.1. The average Bonchev–Trinajstić information content (AvgIpc) is 3.22. The predicted octanol–water partition coefficient (Wildman–Crippen LogP) is 3.42. The Balaban J connectivity index is 1.40. The van der Waals surface area contributed by atoms with E-state index in [0.29, 0.717) is 36.3 Å². The fourth-order valence-electron chi connectivity index (χ4n) is 3.88. The molecule has 0 bridgehead atoms. The molecule has 0 atom stereocenters. The summed E-state index contributed by atoms with van der Waals surface area (Å²) in [5.41, 5.74) is 3.25. The van der Waals surface area contributed by atoms with E-state index in [4.69, 9.17) is 9.97 Å². The topological polar surface area (TPSA) is 113 Å². The van der Waals surface area contributed by atoms with Gasteiger partial charge in [0.05, 0.1) is 35.5 Å². The molecule has 3 aromatic heterocycles. The first-order valence-electron chi connectivity index (χ1n) is 11.0. The number of aromatic nitrogens is 6. The number of hydrogen-bond donors (Lipinski definition) is 3. The number of rotatable bonds is 8. The second-order valence-electron chi connectivity index (χ2n) is 8.00. The van der Waals surface area contributed by atoms with E-state index < -0.39 is 0 Å². The van der Waals surface area contributed by atoms with E-state index >= 15 is 0 Å². The standard InChI is InChI=1S/C23H26N8O/c1-2-31-17(10-11-26-31)14-25-23-22(28-18-8-3-4-9-19(18)29-23)24-13-16-12-20(32)30-21(27-16)15-6-5-7-15/h3-4,8-12,15H,2,5-7,13-14H2,1H3,(H,24,28)(H,25,29)(H,27,30,32). The van der Waals surface area contributed by atoms with Gasteiger partial charge < -0.3 is 15.6 Å². The van der Waals surface area contributed by atoms with Gasteiger partial charge in [-0.15, -0.1) is 0 Å². The molecular formula is C23H26N8O. The maximum Gasteiger partial charge on any atom is 0.251 e. The van der Waals surface area contributed by atoms with E-state index in [-0.39, 0.29) is 5.56 Å². The third-order valence-corrected chi connectivity index (χ3v) is 5.85. The van der Waals surface area contributed by atoms with Gasteiger partial charge in [-0.25, -0.2) is 15.0 Å². The largest absolute Gasteiger partial charge is 0.361 e. The van der Waals surface area contributed by atoms with Crippen molar-refractivity contribution in [2.45, 2.75) is 51.7 Å². The third kappa shape index (κ3) is 4.18. The quantitative estimate of drug-likeness (QED) is 0.392. The van der Waals surface area contributed by atoms with Crippen LogP contribution in [-0.4, -0.2) is 29.7 Å². The van der Waals surface area contributed by atoms with E-state index in [9.17, 15) is 4.79 Å². The molecule has 164 valence electrons. The van der Waals surface area contributed by atoms with Crippen LogP contribution >= 0.6 is 0 Å². The summed E-state index contributed by atoms with van der Waals surface area (Å²) in [6, 6.07) is 11.3. The van der Waals surface area contributed by atoms with Crippen molar-refractivity contribution in [2.75, 3.05) is 10.6 Å². The molecule has 1 aliphatic rings. The molecule has 9 nitrogen and oxygen atoms in total. The van der Waals surface area contributed by atoms with Crippen molar-refractivity contribution >= 4 is 22.7 Å². The maximum absolute atomic E-state index is 12.1. The van der Waals surface area contributed by atoms with Crippen LogP contribution in [0.25, 0.3) is 11.0 Å². The monoisotopic (exact) mass is 430 g/mol. The third-order valence-electron chi connectivity index (χ3n) is 5.85. The number of anilines is 2. The van der Waals surface area contributed by atoms with Crippen molar-refractivity contribution in [3.8, 4) is 0 Å². The van der Waals surface area contributed by atoms with E-state index in [1.807, 2.05) is 35.0 Å². The minimum atomic E-state index is -0.116. The zero-order valence-electron chi connectivity index (χ0n) is 18.0. The van der Waals surface area contributed by atoms with Gasteiger partial charge in [0, 0.05) is 24.7 Å². The van der Waals surface area contributed by atoms with Crippen LogP contribution in [-0.2, 0) is 19.6 Å². The van der Waals surface area contributed by atoms with Crippen LogP contribution in [0.4, 0.5) is 11.6 Å². The van der Waals surface area contributed by atoms with Crippen LogP contribution in [0.3, 0.4) is 0 Å². The van der Waals surface area contributed by atoms with Crippen molar-refractivity contribution in [2.24, 2.45) is 0 Å². The molecule has 4 aromatic rings. The highest BCUT2D eigenvalue weighted by Gasteiger charge is 2.22. The Labute approximate surface area is 185 Å². The SMILES string of the molecule is CCn1nccc1CNc1nc2ccccc2nc1NCc1cc(=O)[nH]c(C2CCC2)n1. The predicted molar refractivity (Wildman–Crippen MR) is 124 cm³/mol. The molecule has 9 heteroatoms. The molecule has 0 saturated heterocycles. The highest BCUT2D eigenvalue weighted by molar-refractivity contribution is 5.80. The molecular weight excluding hydrogens is 404 g/mol. The molecule has 1 saturated carbocycles. The first-order valence-corrected chi connectivity index (χ1v) is 11.0. The number of nitrogens with one attached hydrogen (secondary N) is 3. The van der Waals surface area contributed by atoms with Crippen LogP contribution < -0.4 is 16.2 Å². The minimum absolute atomic E-state index is 0.116. The molecule has 0 amide bonds. The molecule has 1 aromatic carbocycles. The van der Waals surface area contributed by atoms with Gasteiger partial charge in [-0.05, 0) is 38.0 Å². The van der Waals surface area contributed by atoms with Crippen LogP contribution in [0.15, 0.2) is 47.4 Å². The number of nitrogens with zero attached hydrogens (tertiary/aromatic N) is 5. The van der Waals surface area contributed by atoms with Crippen molar-refractivity contribution in [1.29, 1.82) is 0 Å². The summed E-state index contributed by atoms with van der Waals surface area (Å²) in [6.45, 7) is 3.82. The van der Waals surface area contributed by atoms with Crippen LogP contribution in [0.5, 0.6) is 0 Å². The number of H-pyrrole nitrogens is 1. The normalized spacial score (nSPS) is 13.8. The molecule has 0 radical (unpaired) electrons. The van der Waals surface area contributed by atoms with Crippen LogP contribution in [0.2, 0.25) is 0 Å². The summed E-state index contributed by atoms with van der Waals surface area (Å²) in [6.07, 6.45) is 5.15. The molecule has 3 heterocycles. The minimum Gasteiger partial charge on any atom is -0.361 e. The Morgan fingerprint density at radius 3 is 2.41 bits per heavy atom. The summed E-state index contributed by atoms with van der Waals surface area (Å²) < 4.78 is 1.94. The summed E-state index contributed by atoms with van der Waals surface area (Å²) in [5.74, 6) is 2.43. The highest BCUT2D eigenvalue weighted by atomic mass is 16.1. The van der Waals surface area contributed by atoms with Gasteiger partial charge >= 0.3 is 0 Å². The van der Waals surface area contributed by atoms with E-state index in [1.165, 1.54) is 12.5 Å². The van der Waals surface area contributed by atoms with Gasteiger partial charge in [-0.3, -0.25) is 9.48 Å². The smallest absolute Gasteiger partial charge is 0.251 e. The summed E-state index contributed by atoms with van der Waals surface area (Å²) in [4.78, 5) is 29.2. The van der Waals surface area contributed by atoms with Gasteiger partial charge in [0.15, 0.2) is 11.6 Å². The first kappa shape index (κ1) is 20.2. The Morgan fingerprint density at radius 1 is 1.03 bits per heavy atom. The van der Waals surface area contributed by atoms with Gasteiger partial charge in [-0.1, -0.05) is 18.6 Å². The number of aryl methyl sites for hydroxylation is 1. The first-order chi connectivity index (χ1) is 15.7. The van der Waals surface area contributed by atoms with E-state index in [1.54, 1.807) is 6.20 Å². The molecule has 1 aliphatic carbocycles. The number of para-hydroxylation sites is 2. The molecule has 1 fully saturated rings. The lowest BCUT2D eigenvalue weighted by Gasteiger charge is -2.24. The second kappa shape index (κ2) is 8.78. The Bertz CT molecular complexity index is 1290. The zero-order chi connectivity index (χ0) is 21.9. The molecule has 5 rings (SSSR count). The van der Waals surface area contributed by atoms with Gasteiger partial charge in [0.1, 0.15) is 5.82 Å². The highest BCUT2D eigenvalue weighted by Crippen LogP contribution is 2.33. The molecule has 32 heavy (non-hydrogen) atoms. The van der Waals surface area contributed by atoms with Crippen molar-refractivity contribution < 1.29 is 0 Å². The number of hydrogen-bond acceptors (Lipinski definition) is 7. The Morgan fingerprint density at radius 2 is 1.75 bits per heavy atom. The van der Waals surface area contributed by atoms with E-state index in [2.05, 4.69) is 32.6 Å². The lowest BCUT2D eigenvalue weighted by molar-refractivity contribution is 0.399. The van der Waals surface area contributed by atoms with Crippen molar-refractivity contribution in [3.05, 3.63) is 70.2 Å². The summed E-state index contributed by atoms with van der Waals surface area (Å²) in [7, 11) is 0. The molecule has 0 spiro atoms. The van der Waals surface area contributed by atoms with Crippen LogP contribution in [0.1, 0.15) is 49.3 Å². The van der Waals surface area contributed by atoms with Gasteiger partial charge in [-0.2, -0.15) is 5.10 Å². The Kier molecular flexibility index (Phi) is 5.53. The number of aromatic amines is 1. The number of fused-ring (bicyclic) bond motifs is 1. The fraction of sp³-hybridized carbons (Fsp3) is 0.348. The van der Waals surface area contributed by atoms with Crippen molar-refractivity contribution in [3.63, 3.8) is 0 Å². The van der Waals surface area contributed by atoms with E-state index in [0.717, 1.165) is 41.9 Å². The van der Waals surface area contributed by atoms with Crippen molar-refractivity contribution in [1.82, 2.24) is 29.7 Å². The lowest BCUT2D eigenvalue weighted by atomic mass is 9.85. The Hall–Kier alpha value is -3.75. The number of benzene rings is 1. The molecule has 3 N–H and O–H groups in total. The average molecular weight is 431 g/mol. The lowest BCUT2D eigenvalue weighted by Crippen LogP contribution is -2.20. The summed E-state index contributed by atoms with van der Waals surface area (Å²) in [5, 5.41) is 11.1. The van der Waals surface area contributed by atoms with Gasteiger partial charge in [0.25, 0.3) is 5.56 Å². The fourth-order valence-corrected chi connectivity index (χ4v) is 3.88. The second-order valence-corrected chi connectivity index (χ2v) is 8.00. The molecule has 0 unspecified atom stereocenters. The van der Waals surface area contributed by atoms with Crippen LogP contribution in [0, 0.1) is 0 Å². The summed E-state index contributed by atoms with van der Waals surface area (Å²) >= 11 is 0. The van der Waals surface area contributed by atoms with Gasteiger partial charge in [0.2, 0.25) is 0 Å².